The van der Waals surface area contributed by atoms with E-state index in [1.165, 1.54) is 29.4 Å². The number of nitrogens with one attached hydrogen (secondary N) is 2. The van der Waals surface area contributed by atoms with E-state index in [1.54, 1.807) is 6.20 Å². The largest absolute Gasteiger partial charge is 0.361 e. The predicted octanol–water partition coefficient (Wildman–Crippen LogP) is 2.98. The summed E-state index contributed by atoms with van der Waals surface area (Å²) in [7, 11) is 2.20. The van der Waals surface area contributed by atoms with E-state index < -0.39 is 0 Å². The van der Waals surface area contributed by atoms with Crippen molar-refractivity contribution in [2.75, 3.05) is 20.1 Å². The number of hydrogen-bond donors (Lipinski definition) is 2. The van der Waals surface area contributed by atoms with Crippen LogP contribution in [0.3, 0.4) is 0 Å². The highest BCUT2D eigenvalue weighted by molar-refractivity contribution is 5.87. The Hall–Kier alpha value is -2.07. The van der Waals surface area contributed by atoms with E-state index in [2.05, 4.69) is 51.3 Å². The molecule has 4 heteroatoms. The first-order valence-electron chi connectivity index (χ1n) is 7.10. The Bertz CT molecular complexity index is 726. The molecular formula is C16H18N4. The first-order chi connectivity index (χ1) is 9.81. The molecule has 2 aromatic heterocycles. The Labute approximate surface area is 117 Å². The maximum absolute atomic E-state index is 4.34. The van der Waals surface area contributed by atoms with Crippen molar-refractivity contribution in [2.24, 2.45) is 0 Å². The first kappa shape index (κ1) is 11.7. The molecule has 1 aliphatic rings. The number of hydrogen-bond acceptors (Lipinski definition) is 2. The lowest BCUT2D eigenvalue weighted by Gasteiger charge is -2.09. The fourth-order valence-electron chi connectivity index (χ4n) is 3.24. The van der Waals surface area contributed by atoms with Crippen molar-refractivity contribution in [1.82, 2.24) is 19.9 Å². The monoisotopic (exact) mass is 266 g/mol. The van der Waals surface area contributed by atoms with Gasteiger partial charge in [0.25, 0.3) is 0 Å². The minimum atomic E-state index is 0.639. The van der Waals surface area contributed by atoms with Gasteiger partial charge < -0.3 is 14.9 Å². The van der Waals surface area contributed by atoms with E-state index in [0.29, 0.717) is 5.92 Å². The van der Waals surface area contributed by atoms with E-state index in [-0.39, 0.29) is 0 Å². The van der Waals surface area contributed by atoms with Gasteiger partial charge in [-0.05, 0) is 49.7 Å². The number of aromatic nitrogens is 3. The summed E-state index contributed by atoms with van der Waals surface area (Å²) >= 11 is 0. The van der Waals surface area contributed by atoms with Crippen molar-refractivity contribution in [3.8, 4) is 11.4 Å². The van der Waals surface area contributed by atoms with Gasteiger partial charge in [-0.1, -0.05) is 0 Å². The molecule has 1 saturated heterocycles. The quantitative estimate of drug-likeness (QED) is 0.749. The van der Waals surface area contributed by atoms with Crippen molar-refractivity contribution in [1.29, 1.82) is 0 Å². The molecule has 0 radical (unpaired) electrons. The lowest BCUT2D eigenvalue weighted by atomic mass is 9.97. The maximum atomic E-state index is 4.34. The van der Waals surface area contributed by atoms with Crippen LogP contribution in [-0.2, 0) is 0 Å². The zero-order chi connectivity index (χ0) is 13.5. The van der Waals surface area contributed by atoms with Crippen LogP contribution in [0.5, 0.6) is 0 Å². The number of imidazole rings is 1. The van der Waals surface area contributed by atoms with Crippen LogP contribution in [0.25, 0.3) is 22.3 Å². The molecule has 1 aliphatic heterocycles. The molecule has 1 fully saturated rings. The highest BCUT2D eigenvalue weighted by Crippen LogP contribution is 2.33. The van der Waals surface area contributed by atoms with E-state index >= 15 is 0 Å². The summed E-state index contributed by atoms with van der Waals surface area (Å²) < 4.78 is 0. The second-order valence-electron chi connectivity index (χ2n) is 5.69. The summed E-state index contributed by atoms with van der Waals surface area (Å²) in [5.41, 5.74) is 3.80. The molecule has 1 atom stereocenters. The second-order valence-corrected chi connectivity index (χ2v) is 5.69. The number of H-pyrrole nitrogens is 2. The molecule has 102 valence electrons. The lowest BCUT2D eigenvalue weighted by Crippen LogP contribution is -2.13. The Morgan fingerprint density at radius 3 is 3.00 bits per heavy atom. The summed E-state index contributed by atoms with van der Waals surface area (Å²) in [5, 5.41) is 1.33. The summed E-state index contributed by atoms with van der Waals surface area (Å²) in [4.78, 5) is 13.3. The van der Waals surface area contributed by atoms with E-state index in [9.17, 15) is 0 Å². The standard InChI is InChI=1S/C16H18N4/c1-20-7-4-12(10-20)14-9-19-15-3-2-11(8-13(14)15)16-17-5-6-18-16/h2-3,5-6,8-9,12,19H,4,7,10H2,1H3,(H,17,18). The molecule has 0 saturated carbocycles. The van der Waals surface area contributed by atoms with E-state index in [0.717, 1.165) is 17.9 Å². The van der Waals surface area contributed by atoms with Crippen LogP contribution in [0.4, 0.5) is 0 Å². The molecule has 20 heavy (non-hydrogen) atoms. The van der Waals surface area contributed by atoms with Crippen molar-refractivity contribution in [2.45, 2.75) is 12.3 Å². The number of fused-ring (bicyclic) bond motifs is 1. The van der Waals surface area contributed by atoms with Crippen molar-refractivity contribution in [3.05, 3.63) is 42.4 Å². The first-order valence-corrected chi connectivity index (χ1v) is 7.10. The highest BCUT2D eigenvalue weighted by Gasteiger charge is 2.23. The molecule has 0 aliphatic carbocycles. The molecular weight excluding hydrogens is 248 g/mol. The van der Waals surface area contributed by atoms with Crippen LogP contribution in [-0.4, -0.2) is 40.0 Å². The summed E-state index contributed by atoms with van der Waals surface area (Å²) in [5.74, 6) is 1.57. The number of aromatic amines is 2. The minimum Gasteiger partial charge on any atom is -0.361 e. The van der Waals surface area contributed by atoms with Gasteiger partial charge in [0.15, 0.2) is 0 Å². The third kappa shape index (κ3) is 1.84. The van der Waals surface area contributed by atoms with Gasteiger partial charge in [-0.3, -0.25) is 0 Å². The molecule has 4 rings (SSSR count). The van der Waals surface area contributed by atoms with Crippen LogP contribution in [0, 0.1) is 0 Å². The zero-order valence-corrected chi connectivity index (χ0v) is 11.6. The van der Waals surface area contributed by atoms with Crippen molar-refractivity contribution < 1.29 is 0 Å². The van der Waals surface area contributed by atoms with Gasteiger partial charge in [0.1, 0.15) is 5.82 Å². The molecule has 2 N–H and O–H groups in total. The molecule has 4 nitrogen and oxygen atoms in total. The average Bonchev–Trinajstić information content (AvgIpc) is 3.17. The molecule has 0 bridgehead atoms. The van der Waals surface area contributed by atoms with E-state index in [1.807, 2.05) is 6.20 Å². The van der Waals surface area contributed by atoms with Crippen LogP contribution in [0.2, 0.25) is 0 Å². The topological polar surface area (TPSA) is 47.7 Å². The summed E-state index contributed by atoms with van der Waals surface area (Å²) in [6.45, 7) is 2.34. The number of likely N-dealkylation sites (tertiary alicyclic amines) is 1. The number of nitrogens with zero attached hydrogens (tertiary/aromatic N) is 2. The van der Waals surface area contributed by atoms with Crippen LogP contribution >= 0.6 is 0 Å². The van der Waals surface area contributed by atoms with Crippen LogP contribution in [0.15, 0.2) is 36.8 Å². The van der Waals surface area contributed by atoms with Gasteiger partial charge >= 0.3 is 0 Å². The zero-order valence-electron chi connectivity index (χ0n) is 11.6. The molecule has 1 unspecified atom stereocenters. The Kier molecular flexibility index (Phi) is 2.63. The Morgan fingerprint density at radius 2 is 2.25 bits per heavy atom. The summed E-state index contributed by atoms with van der Waals surface area (Å²) in [6, 6.07) is 6.51. The molecule has 1 aromatic carbocycles. The maximum Gasteiger partial charge on any atom is 0.137 e. The Balaban J connectivity index is 1.80. The van der Waals surface area contributed by atoms with Gasteiger partial charge in [-0.25, -0.2) is 4.98 Å². The Morgan fingerprint density at radius 1 is 1.30 bits per heavy atom. The number of rotatable bonds is 2. The fourth-order valence-corrected chi connectivity index (χ4v) is 3.24. The van der Waals surface area contributed by atoms with Gasteiger partial charge in [0, 0.05) is 41.6 Å². The molecule has 3 heterocycles. The molecule has 0 amide bonds. The third-order valence-corrected chi connectivity index (χ3v) is 4.32. The van der Waals surface area contributed by atoms with Crippen molar-refractivity contribution >= 4 is 10.9 Å². The average molecular weight is 266 g/mol. The van der Waals surface area contributed by atoms with Gasteiger partial charge in [-0.2, -0.15) is 0 Å². The fraction of sp³-hybridized carbons (Fsp3) is 0.312. The van der Waals surface area contributed by atoms with E-state index in [4.69, 9.17) is 0 Å². The second kappa shape index (κ2) is 4.49. The van der Waals surface area contributed by atoms with Crippen molar-refractivity contribution in [3.63, 3.8) is 0 Å². The third-order valence-electron chi connectivity index (χ3n) is 4.32. The number of likely N-dealkylation sites (N-methyl/N-ethyl adjacent to an activating group) is 1. The predicted molar refractivity (Wildman–Crippen MR) is 80.7 cm³/mol. The smallest absolute Gasteiger partial charge is 0.137 e. The molecule has 0 spiro atoms. The van der Waals surface area contributed by atoms with Crippen LogP contribution in [0.1, 0.15) is 17.9 Å². The minimum absolute atomic E-state index is 0.639. The van der Waals surface area contributed by atoms with Gasteiger partial charge in [0.2, 0.25) is 0 Å². The normalized spacial score (nSPS) is 19.9. The SMILES string of the molecule is CN1CCC(c2c[nH]c3ccc(-c4ncc[nH]4)cc23)C1. The van der Waals surface area contributed by atoms with Crippen LogP contribution < -0.4 is 0 Å². The van der Waals surface area contributed by atoms with Gasteiger partial charge in [0.05, 0.1) is 0 Å². The summed E-state index contributed by atoms with van der Waals surface area (Å²) in [6.07, 6.45) is 7.09. The lowest BCUT2D eigenvalue weighted by molar-refractivity contribution is 0.412. The number of benzene rings is 1. The molecule has 3 aromatic rings. The highest BCUT2D eigenvalue weighted by atomic mass is 15.1. The van der Waals surface area contributed by atoms with Gasteiger partial charge in [-0.15, -0.1) is 0 Å².